The minimum atomic E-state index is -2.94. The lowest BCUT2D eigenvalue weighted by atomic mass is 10.1. The van der Waals surface area contributed by atoms with E-state index in [4.69, 9.17) is 0 Å². The number of amides is 1. The Morgan fingerprint density at radius 2 is 2.06 bits per heavy atom. The Morgan fingerprint density at radius 3 is 2.41 bits per heavy atom. The molecule has 2 atom stereocenters. The normalized spacial score (nSPS) is 24.9. The van der Waals surface area contributed by atoms with Gasteiger partial charge in [0.05, 0.1) is 16.3 Å². The fourth-order valence-electron chi connectivity index (χ4n) is 2.06. The molecule has 1 rings (SSSR count). The molecule has 1 amide bonds. The van der Waals surface area contributed by atoms with E-state index >= 15 is 0 Å². The van der Waals surface area contributed by atoms with Crippen LogP contribution < -0.4 is 0 Å². The van der Waals surface area contributed by atoms with E-state index in [2.05, 4.69) is 15.9 Å². The van der Waals surface area contributed by atoms with E-state index in [1.54, 1.807) is 4.90 Å². The van der Waals surface area contributed by atoms with E-state index in [1.807, 2.05) is 20.8 Å². The summed E-state index contributed by atoms with van der Waals surface area (Å²) in [5.74, 6) is 0.527. The molecule has 0 saturated carbocycles. The summed E-state index contributed by atoms with van der Waals surface area (Å²) in [6.45, 7) is 6.39. The molecule has 0 aromatic heterocycles. The first-order valence-electron chi connectivity index (χ1n) is 5.93. The summed E-state index contributed by atoms with van der Waals surface area (Å²) in [7, 11) is -2.94. The maximum Gasteiger partial charge on any atom is 0.236 e. The second-order valence-corrected chi connectivity index (χ2v) is 8.04. The first kappa shape index (κ1) is 15.0. The molecular formula is C11H20BrNO3S. The van der Waals surface area contributed by atoms with Crippen LogP contribution in [-0.4, -0.2) is 48.1 Å². The maximum absolute atomic E-state index is 12.2. The van der Waals surface area contributed by atoms with Crippen LogP contribution >= 0.6 is 15.9 Å². The van der Waals surface area contributed by atoms with Crippen LogP contribution in [0, 0.1) is 5.92 Å². The van der Waals surface area contributed by atoms with E-state index in [0.717, 1.165) is 0 Å². The molecule has 0 spiro atoms. The third-order valence-corrected chi connectivity index (χ3v) is 6.29. The van der Waals surface area contributed by atoms with Gasteiger partial charge < -0.3 is 4.90 Å². The van der Waals surface area contributed by atoms with Crippen molar-refractivity contribution in [3.8, 4) is 0 Å². The van der Waals surface area contributed by atoms with Gasteiger partial charge in [0.25, 0.3) is 0 Å². The second-order valence-electron chi connectivity index (χ2n) is 4.83. The summed E-state index contributed by atoms with van der Waals surface area (Å²) in [4.78, 5) is 13.7. The molecule has 6 heteroatoms. The van der Waals surface area contributed by atoms with Crippen molar-refractivity contribution in [2.45, 2.75) is 38.1 Å². The zero-order valence-corrected chi connectivity index (χ0v) is 12.9. The lowest BCUT2D eigenvalue weighted by molar-refractivity contribution is -0.132. The Morgan fingerprint density at radius 1 is 1.47 bits per heavy atom. The molecule has 0 aliphatic carbocycles. The molecule has 0 N–H and O–H groups in total. The van der Waals surface area contributed by atoms with Gasteiger partial charge in [0.2, 0.25) is 5.91 Å². The van der Waals surface area contributed by atoms with Gasteiger partial charge in [-0.3, -0.25) is 4.79 Å². The molecule has 0 aromatic rings. The smallest absolute Gasteiger partial charge is 0.236 e. The molecule has 17 heavy (non-hydrogen) atoms. The second kappa shape index (κ2) is 5.69. The number of hydrogen-bond donors (Lipinski definition) is 0. The van der Waals surface area contributed by atoms with Gasteiger partial charge in [0.15, 0.2) is 9.84 Å². The van der Waals surface area contributed by atoms with E-state index in [0.29, 0.717) is 13.0 Å². The predicted molar refractivity (Wildman–Crippen MR) is 72.0 cm³/mol. The Balaban J connectivity index is 2.76. The molecule has 1 aliphatic heterocycles. The molecule has 4 nitrogen and oxygen atoms in total. The number of hydrogen-bond acceptors (Lipinski definition) is 3. The van der Waals surface area contributed by atoms with E-state index in [1.165, 1.54) is 0 Å². The monoisotopic (exact) mass is 325 g/mol. The molecule has 100 valence electrons. The molecule has 0 bridgehead atoms. The number of alkyl halides is 1. The molecule has 1 saturated heterocycles. The van der Waals surface area contributed by atoms with Crippen molar-refractivity contribution in [3.05, 3.63) is 0 Å². The minimum absolute atomic E-state index is 0.00426. The van der Waals surface area contributed by atoms with Gasteiger partial charge in [0.1, 0.15) is 0 Å². The molecular weight excluding hydrogens is 306 g/mol. The van der Waals surface area contributed by atoms with Crippen molar-refractivity contribution < 1.29 is 13.2 Å². The summed E-state index contributed by atoms with van der Waals surface area (Å²) in [6.07, 6.45) is 0.569. The number of rotatable bonds is 4. The van der Waals surface area contributed by atoms with Crippen molar-refractivity contribution in [2.75, 3.05) is 18.1 Å². The molecule has 1 heterocycles. The highest BCUT2D eigenvalue weighted by Crippen LogP contribution is 2.22. The molecule has 2 unspecified atom stereocenters. The van der Waals surface area contributed by atoms with Gasteiger partial charge in [-0.2, -0.15) is 0 Å². The topological polar surface area (TPSA) is 54.5 Å². The zero-order valence-electron chi connectivity index (χ0n) is 10.5. The van der Waals surface area contributed by atoms with Crippen LogP contribution in [0.2, 0.25) is 0 Å². The Kier molecular flexibility index (Phi) is 5.01. The van der Waals surface area contributed by atoms with E-state index in [9.17, 15) is 13.2 Å². The van der Waals surface area contributed by atoms with Gasteiger partial charge in [-0.25, -0.2) is 8.42 Å². The minimum Gasteiger partial charge on any atom is -0.338 e. The van der Waals surface area contributed by atoms with Gasteiger partial charge >= 0.3 is 0 Å². The molecule has 1 aliphatic rings. The number of sulfone groups is 1. The van der Waals surface area contributed by atoms with Crippen molar-refractivity contribution in [2.24, 2.45) is 5.92 Å². The highest BCUT2D eigenvalue weighted by atomic mass is 79.9. The lowest BCUT2D eigenvalue weighted by Crippen LogP contribution is -2.45. The van der Waals surface area contributed by atoms with Crippen LogP contribution in [0.4, 0.5) is 0 Å². The van der Waals surface area contributed by atoms with Crippen LogP contribution in [-0.2, 0) is 14.6 Å². The van der Waals surface area contributed by atoms with E-state index < -0.39 is 9.84 Å². The summed E-state index contributed by atoms with van der Waals surface area (Å²) in [5.41, 5.74) is 0. The first-order chi connectivity index (χ1) is 7.78. The molecule has 0 radical (unpaired) electrons. The molecule has 0 aromatic carbocycles. The number of nitrogens with zero attached hydrogens (tertiary/aromatic N) is 1. The van der Waals surface area contributed by atoms with Crippen LogP contribution in [0.1, 0.15) is 27.2 Å². The maximum atomic E-state index is 12.2. The van der Waals surface area contributed by atoms with Crippen LogP contribution in [0.15, 0.2) is 0 Å². The standard InChI is InChI=1S/C11H20BrNO3S/c1-4-13(11(14)10(12)8(2)3)9-5-6-17(15,16)7-9/h8-10H,4-7H2,1-3H3. The fraction of sp³-hybridized carbons (Fsp3) is 0.909. The van der Waals surface area contributed by atoms with Crippen LogP contribution in [0.5, 0.6) is 0 Å². The average molecular weight is 326 g/mol. The quantitative estimate of drug-likeness (QED) is 0.735. The van der Waals surface area contributed by atoms with Gasteiger partial charge in [-0.05, 0) is 19.3 Å². The highest BCUT2D eigenvalue weighted by molar-refractivity contribution is 9.10. The fourth-order valence-corrected chi connectivity index (χ4v) is 4.05. The third-order valence-electron chi connectivity index (χ3n) is 3.09. The van der Waals surface area contributed by atoms with E-state index in [-0.39, 0.29) is 34.2 Å². The number of carbonyl (C=O) groups is 1. The van der Waals surface area contributed by atoms with Gasteiger partial charge in [0, 0.05) is 12.6 Å². The highest BCUT2D eigenvalue weighted by Gasteiger charge is 2.36. The van der Waals surface area contributed by atoms with Gasteiger partial charge in [-0.1, -0.05) is 29.8 Å². The number of carbonyl (C=O) groups excluding carboxylic acids is 1. The lowest BCUT2D eigenvalue weighted by Gasteiger charge is -2.30. The van der Waals surface area contributed by atoms with Crippen molar-refractivity contribution >= 4 is 31.7 Å². The Bertz CT molecular complexity index is 380. The third kappa shape index (κ3) is 3.68. The van der Waals surface area contributed by atoms with Crippen LogP contribution in [0.25, 0.3) is 0 Å². The van der Waals surface area contributed by atoms with Crippen molar-refractivity contribution in [1.29, 1.82) is 0 Å². The largest absolute Gasteiger partial charge is 0.338 e. The first-order valence-corrected chi connectivity index (χ1v) is 8.67. The summed E-state index contributed by atoms with van der Waals surface area (Å²) in [5, 5.41) is 0. The number of halogens is 1. The summed E-state index contributed by atoms with van der Waals surface area (Å²) in [6, 6.07) is -0.142. The van der Waals surface area contributed by atoms with Crippen molar-refractivity contribution in [3.63, 3.8) is 0 Å². The zero-order chi connectivity index (χ0) is 13.2. The molecule has 1 fully saturated rings. The Labute approximate surface area is 112 Å². The van der Waals surface area contributed by atoms with Gasteiger partial charge in [-0.15, -0.1) is 0 Å². The predicted octanol–water partition coefficient (Wildman–Crippen LogP) is 1.44. The average Bonchev–Trinajstić information content (AvgIpc) is 2.58. The summed E-state index contributed by atoms with van der Waals surface area (Å²) >= 11 is 3.38. The van der Waals surface area contributed by atoms with Crippen LogP contribution in [0.3, 0.4) is 0 Å². The SMILES string of the molecule is CCN(C(=O)C(Br)C(C)C)C1CCS(=O)(=O)C1. The Hall–Kier alpha value is -0.100. The summed E-state index contributed by atoms with van der Waals surface area (Å²) < 4.78 is 22.9. The van der Waals surface area contributed by atoms with Crippen molar-refractivity contribution in [1.82, 2.24) is 4.90 Å².